The maximum absolute atomic E-state index is 12.3. The van der Waals surface area contributed by atoms with Gasteiger partial charge >= 0.3 is 0 Å². The summed E-state index contributed by atoms with van der Waals surface area (Å²) in [5.41, 5.74) is 1.89. The molecule has 3 rings (SSSR count). The molecule has 148 valence electrons. The fourth-order valence-electron chi connectivity index (χ4n) is 2.67. The van der Waals surface area contributed by atoms with Crippen molar-refractivity contribution < 1.29 is 19.1 Å². The lowest BCUT2D eigenvalue weighted by molar-refractivity contribution is -0.111. The van der Waals surface area contributed by atoms with Crippen LogP contribution in [0, 0.1) is 0 Å². The van der Waals surface area contributed by atoms with E-state index in [4.69, 9.17) is 9.47 Å². The molecule has 3 aromatic rings. The molecule has 2 amide bonds. The van der Waals surface area contributed by atoms with Crippen molar-refractivity contribution in [1.82, 2.24) is 0 Å². The molecule has 1 heterocycles. The lowest BCUT2D eigenvalue weighted by atomic mass is 10.1. The molecule has 0 unspecified atom stereocenters. The van der Waals surface area contributed by atoms with Crippen LogP contribution < -0.4 is 20.1 Å². The van der Waals surface area contributed by atoms with Crippen molar-refractivity contribution in [2.75, 3.05) is 24.9 Å². The van der Waals surface area contributed by atoms with Crippen molar-refractivity contribution in [3.63, 3.8) is 0 Å². The molecule has 0 aliphatic rings. The Morgan fingerprint density at radius 3 is 2.38 bits per heavy atom. The largest absolute Gasteiger partial charge is 0.493 e. The van der Waals surface area contributed by atoms with Crippen molar-refractivity contribution >= 4 is 40.6 Å². The quantitative estimate of drug-likeness (QED) is 0.557. The Kier molecular flexibility index (Phi) is 6.65. The first kappa shape index (κ1) is 20.2. The summed E-state index contributed by atoms with van der Waals surface area (Å²) in [5, 5.41) is 7.44. The molecule has 7 heteroatoms. The van der Waals surface area contributed by atoms with Crippen LogP contribution in [0.1, 0.15) is 15.2 Å². The Morgan fingerprint density at radius 1 is 0.931 bits per heavy atom. The van der Waals surface area contributed by atoms with E-state index in [0.29, 0.717) is 27.8 Å². The van der Waals surface area contributed by atoms with Crippen LogP contribution in [-0.4, -0.2) is 26.0 Å². The molecular formula is C22H20N2O4S. The number of thiophene rings is 1. The smallest absolute Gasteiger partial charge is 0.265 e. The van der Waals surface area contributed by atoms with Gasteiger partial charge in [0.1, 0.15) is 0 Å². The monoisotopic (exact) mass is 408 g/mol. The van der Waals surface area contributed by atoms with E-state index in [0.717, 1.165) is 5.56 Å². The molecule has 0 bridgehead atoms. The Morgan fingerprint density at radius 2 is 1.69 bits per heavy atom. The van der Waals surface area contributed by atoms with Gasteiger partial charge in [-0.1, -0.05) is 24.3 Å². The lowest BCUT2D eigenvalue weighted by Gasteiger charge is -2.10. The number of ether oxygens (including phenoxy) is 2. The third kappa shape index (κ3) is 5.24. The molecule has 1 aromatic heterocycles. The minimum Gasteiger partial charge on any atom is -0.493 e. The van der Waals surface area contributed by atoms with Gasteiger partial charge in [-0.2, -0.15) is 0 Å². The van der Waals surface area contributed by atoms with Crippen LogP contribution in [0.3, 0.4) is 0 Å². The highest BCUT2D eigenvalue weighted by Crippen LogP contribution is 2.31. The number of methoxy groups -OCH3 is 2. The fourth-order valence-corrected chi connectivity index (χ4v) is 3.29. The SMILES string of the molecule is COc1cccc(/C=C/C(=O)Nc2cccc(NC(=O)c3cccs3)c2)c1OC. The van der Waals surface area contributed by atoms with E-state index in [2.05, 4.69) is 10.6 Å². The number of carbonyl (C=O) groups excluding carboxylic acids is 2. The highest BCUT2D eigenvalue weighted by molar-refractivity contribution is 7.12. The normalized spacial score (nSPS) is 10.6. The fraction of sp³-hybridized carbons (Fsp3) is 0.0909. The zero-order chi connectivity index (χ0) is 20.6. The minimum atomic E-state index is -0.309. The number of rotatable bonds is 7. The first-order valence-corrected chi connectivity index (χ1v) is 9.63. The van der Waals surface area contributed by atoms with E-state index in [1.54, 1.807) is 56.7 Å². The third-order valence-electron chi connectivity index (χ3n) is 3.98. The van der Waals surface area contributed by atoms with E-state index in [1.165, 1.54) is 17.4 Å². The van der Waals surface area contributed by atoms with Gasteiger partial charge in [-0.3, -0.25) is 9.59 Å². The highest BCUT2D eigenvalue weighted by atomic mass is 32.1. The summed E-state index contributed by atoms with van der Waals surface area (Å²) in [6.45, 7) is 0. The summed E-state index contributed by atoms with van der Waals surface area (Å²) in [4.78, 5) is 25.1. The molecule has 0 saturated heterocycles. The Balaban J connectivity index is 1.67. The number of hydrogen-bond acceptors (Lipinski definition) is 5. The van der Waals surface area contributed by atoms with Gasteiger partial charge < -0.3 is 20.1 Å². The first-order valence-electron chi connectivity index (χ1n) is 8.75. The highest BCUT2D eigenvalue weighted by Gasteiger charge is 2.09. The number of hydrogen-bond donors (Lipinski definition) is 2. The molecule has 6 nitrogen and oxygen atoms in total. The number of benzene rings is 2. The van der Waals surface area contributed by atoms with Crippen LogP contribution in [0.15, 0.2) is 66.1 Å². The van der Waals surface area contributed by atoms with E-state index in [1.807, 2.05) is 23.6 Å². The molecule has 0 spiro atoms. The molecule has 0 saturated carbocycles. The van der Waals surface area contributed by atoms with Gasteiger partial charge in [0.15, 0.2) is 11.5 Å². The van der Waals surface area contributed by atoms with Gasteiger partial charge in [-0.05, 0) is 41.8 Å². The Bertz CT molecular complexity index is 1030. The molecule has 2 aromatic carbocycles. The van der Waals surface area contributed by atoms with Crippen LogP contribution in [0.5, 0.6) is 11.5 Å². The summed E-state index contributed by atoms with van der Waals surface area (Å²) in [6.07, 6.45) is 3.06. The number of anilines is 2. The van der Waals surface area contributed by atoms with Crippen molar-refractivity contribution in [2.24, 2.45) is 0 Å². The number of carbonyl (C=O) groups is 2. The third-order valence-corrected chi connectivity index (χ3v) is 4.85. The average Bonchev–Trinajstić information content (AvgIpc) is 3.27. The molecule has 0 atom stereocenters. The van der Waals surface area contributed by atoms with Crippen LogP contribution in [0.25, 0.3) is 6.08 Å². The average molecular weight is 408 g/mol. The van der Waals surface area contributed by atoms with E-state index < -0.39 is 0 Å². The number of para-hydroxylation sites is 1. The molecular weight excluding hydrogens is 388 g/mol. The van der Waals surface area contributed by atoms with Crippen LogP contribution in [0.2, 0.25) is 0 Å². The van der Waals surface area contributed by atoms with E-state index in [9.17, 15) is 9.59 Å². The molecule has 29 heavy (non-hydrogen) atoms. The Labute approximate surface area is 172 Å². The molecule has 0 radical (unpaired) electrons. The van der Waals surface area contributed by atoms with Gasteiger partial charge in [0.25, 0.3) is 5.91 Å². The second kappa shape index (κ2) is 9.57. The van der Waals surface area contributed by atoms with Gasteiger partial charge in [0, 0.05) is 23.0 Å². The molecule has 2 N–H and O–H groups in total. The second-order valence-electron chi connectivity index (χ2n) is 5.92. The summed E-state index contributed by atoms with van der Waals surface area (Å²) in [5.74, 6) is 0.645. The maximum atomic E-state index is 12.3. The minimum absolute atomic E-state index is 0.187. The van der Waals surface area contributed by atoms with Crippen LogP contribution in [0.4, 0.5) is 11.4 Å². The van der Waals surface area contributed by atoms with Gasteiger partial charge in [0.2, 0.25) is 5.91 Å². The van der Waals surface area contributed by atoms with Gasteiger partial charge in [-0.15, -0.1) is 11.3 Å². The van der Waals surface area contributed by atoms with Crippen LogP contribution >= 0.6 is 11.3 Å². The van der Waals surface area contributed by atoms with Crippen molar-refractivity contribution in [3.8, 4) is 11.5 Å². The Hall–Kier alpha value is -3.58. The zero-order valence-electron chi connectivity index (χ0n) is 16.0. The molecule has 0 aliphatic carbocycles. The maximum Gasteiger partial charge on any atom is 0.265 e. The topological polar surface area (TPSA) is 76.7 Å². The van der Waals surface area contributed by atoms with Gasteiger partial charge in [-0.25, -0.2) is 0 Å². The number of nitrogens with one attached hydrogen (secondary N) is 2. The summed E-state index contributed by atoms with van der Waals surface area (Å²) in [7, 11) is 3.10. The molecule has 0 fully saturated rings. The molecule has 0 aliphatic heterocycles. The van der Waals surface area contributed by atoms with Crippen LogP contribution in [-0.2, 0) is 4.79 Å². The summed E-state index contributed by atoms with van der Waals surface area (Å²) in [6, 6.07) is 16.0. The summed E-state index contributed by atoms with van der Waals surface area (Å²) >= 11 is 1.37. The number of amides is 2. The van der Waals surface area contributed by atoms with E-state index >= 15 is 0 Å². The van der Waals surface area contributed by atoms with Crippen molar-refractivity contribution in [2.45, 2.75) is 0 Å². The predicted molar refractivity (Wildman–Crippen MR) is 116 cm³/mol. The van der Waals surface area contributed by atoms with Gasteiger partial charge in [0.05, 0.1) is 19.1 Å². The lowest BCUT2D eigenvalue weighted by Crippen LogP contribution is -2.11. The van der Waals surface area contributed by atoms with E-state index in [-0.39, 0.29) is 11.8 Å². The standard InChI is InChI=1S/C22H20N2O4S/c1-27-18-9-3-6-15(21(18)28-2)11-12-20(25)23-16-7-4-8-17(14-16)24-22(26)19-10-5-13-29-19/h3-14H,1-2H3,(H,23,25)(H,24,26)/b12-11+. The van der Waals surface area contributed by atoms with Crippen molar-refractivity contribution in [3.05, 3.63) is 76.5 Å². The first-order chi connectivity index (χ1) is 14.1. The van der Waals surface area contributed by atoms with Crippen molar-refractivity contribution in [1.29, 1.82) is 0 Å². The zero-order valence-corrected chi connectivity index (χ0v) is 16.8. The predicted octanol–water partition coefficient (Wildman–Crippen LogP) is 4.67. The second-order valence-corrected chi connectivity index (χ2v) is 6.87. The summed E-state index contributed by atoms with van der Waals surface area (Å²) < 4.78 is 10.6.